The third kappa shape index (κ3) is 2.80. The molecule has 1 fully saturated rings. The van der Waals surface area contributed by atoms with Gasteiger partial charge in [0.2, 0.25) is 0 Å². The highest BCUT2D eigenvalue weighted by Crippen LogP contribution is 2.14. The second-order valence-electron chi connectivity index (χ2n) is 3.20. The van der Waals surface area contributed by atoms with Crippen molar-refractivity contribution in [2.45, 2.75) is 38.3 Å². The third-order valence-electron chi connectivity index (χ3n) is 2.23. The van der Waals surface area contributed by atoms with Gasteiger partial charge >= 0.3 is 0 Å². The topological polar surface area (TPSA) is 45.0 Å². The lowest BCUT2D eigenvalue weighted by Crippen LogP contribution is -2.37. The second kappa shape index (κ2) is 5.13. The minimum atomic E-state index is 0.365. The molecule has 68 valence electrons. The molecule has 1 aliphatic rings. The van der Waals surface area contributed by atoms with Gasteiger partial charge in [0.15, 0.2) is 0 Å². The van der Waals surface area contributed by atoms with E-state index in [1.165, 1.54) is 6.42 Å². The molecule has 2 atom stereocenters. The van der Waals surface area contributed by atoms with Crippen LogP contribution in [0, 0.1) is 11.3 Å². The van der Waals surface area contributed by atoms with Gasteiger partial charge in [-0.2, -0.15) is 5.26 Å². The van der Waals surface area contributed by atoms with Crippen LogP contribution in [0.5, 0.6) is 0 Å². The predicted molar refractivity (Wildman–Crippen MR) is 46.7 cm³/mol. The Labute approximate surface area is 73.7 Å². The monoisotopic (exact) mass is 168 g/mol. The average Bonchev–Trinajstić information content (AvgIpc) is 2.56. The van der Waals surface area contributed by atoms with Crippen molar-refractivity contribution < 1.29 is 4.74 Å². The minimum absolute atomic E-state index is 0.365. The third-order valence-corrected chi connectivity index (χ3v) is 2.23. The summed E-state index contributed by atoms with van der Waals surface area (Å²) in [6, 6.07) is 2.50. The SMILES string of the molecule is CC(NCCC#N)C1CCCO1. The van der Waals surface area contributed by atoms with E-state index in [0.29, 0.717) is 18.6 Å². The average molecular weight is 168 g/mol. The lowest BCUT2D eigenvalue weighted by atomic mass is 10.1. The molecule has 0 aromatic heterocycles. The zero-order valence-corrected chi connectivity index (χ0v) is 7.55. The Morgan fingerprint density at radius 2 is 2.58 bits per heavy atom. The number of rotatable bonds is 4. The molecule has 1 rings (SSSR count). The molecule has 1 N–H and O–H groups in total. The highest BCUT2D eigenvalue weighted by molar-refractivity contribution is 4.78. The fourth-order valence-electron chi connectivity index (χ4n) is 1.48. The highest BCUT2D eigenvalue weighted by Gasteiger charge is 2.21. The molecule has 1 aliphatic heterocycles. The molecule has 0 bridgehead atoms. The summed E-state index contributed by atoms with van der Waals surface area (Å²) in [5.41, 5.74) is 0. The first kappa shape index (κ1) is 9.50. The van der Waals surface area contributed by atoms with Crippen molar-refractivity contribution >= 4 is 0 Å². The fourth-order valence-corrected chi connectivity index (χ4v) is 1.48. The summed E-state index contributed by atoms with van der Waals surface area (Å²) in [4.78, 5) is 0. The number of hydrogen-bond donors (Lipinski definition) is 1. The molecular formula is C9H16N2O. The zero-order valence-electron chi connectivity index (χ0n) is 7.55. The van der Waals surface area contributed by atoms with E-state index in [-0.39, 0.29) is 0 Å². The Hall–Kier alpha value is -0.590. The molecule has 0 aliphatic carbocycles. The first-order valence-corrected chi connectivity index (χ1v) is 4.56. The molecule has 0 aromatic rings. The molecule has 1 saturated heterocycles. The normalized spacial score (nSPS) is 25.2. The van der Waals surface area contributed by atoms with Gasteiger partial charge in [0.1, 0.15) is 0 Å². The van der Waals surface area contributed by atoms with E-state index >= 15 is 0 Å². The molecular weight excluding hydrogens is 152 g/mol. The van der Waals surface area contributed by atoms with Crippen LogP contribution in [0.2, 0.25) is 0 Å². The smallest absolute Gasteiger partial charge is 0.0726 e. The van der Waals surface area contributed by atoms with Crippen molar-refractivity contribution in [2.75, 3.05) is 13.2 Å². The van der Waals surface area contributed by atoms with Gasteiger partial charge in [0, 0.05) is 25.6 Å². The van der Waals surface area contributed by atoms with Gasteiger partial charge in [-0.15, -0.1) is 0 Å². The zero-order chi connectivity index (χ0) is 8.81. The van der Waals surface area contributed by atoms with Crippen LogP contribution < -0.4 is 5.32 Å². The van der Waals surface area contributed by atoms with E-state index in [0.717, 1.165) is 19.6 Å². The predicted octanol–water partition coefficient (Wildman–Crippen LogP) is 1.06. The Morgan fingerprint density at radius 1 is 1.75 bits per heavy atom. The molecule has 3 heteroatoms. The second-order valence-corrected chi connectivity index (χ2v) is 3.20. The van der Waals surface area contributed by atoms with E-state index in [9.17, 15) is 0 Å². The van der Waals surface area contributed by atoms with Crippen molar-refractivity contribution in [3.8, 4) is 6.07 Å². The largest absolute Gasteiger partial charge is 0.377 e. The first-order valence-electron chi connectivity index (χ1n) is 4.56. The number of nitrogens with zero attached hydrogens (tertiary/aromatic N) is 1. The molecule has 0 aromatic carbocycles. The maximum absolute atomic E-state index is 8.32. The summed E-state index contributed by atoms with van der Waals surface area (Å²) in [7, 11) is 0. The summed E-state index contributed by atoms with van der Waals surface area (Å²) in [6.45, 7) is 3.79. The van der Waals surface area contributed by atoms with Crippen LogP contribution in [0.15, 0.2) is 0 Å². The van der Waals surface area contributed by atoms with Crippen LogP contribution in [0.1, 0.15) is 26.2 Å². The van der Waals surface area contributed by atoms with E-state index in [1.54, 1.807) is 0 Å². The maximum Gasteiger partial charge on any atom is 0.0726 e. The molecule has 0 radical (unpaired) electrons. The number of hydrogen-bond acceptors (Lipinski definition) is 3. The molecule has 1 heterocycles. The van der Waals surface area contributed by atoms with Crippen LogP contribution in [0.25, 0.3) is 0 Å². The number of ether oxygens (including phenoxy) is 1. The van der Waals surface area contributed by atoms with Crippen LogP contribution >= 0.6 is 0 Å². The first-order chi connectivity index (χ1) is 5.84. The summed E-state index contributed by atoms with van der Waals surface area (Å²) in [5.74, 6) is 0. The molecule has 0 amide bonds. The van der Waals surface area contributed by atoms with Crippen molar-refractivity contribution in [3.05, 3.63) is 0 Å². The lowest BCUT2D eigenvalue weighted by molar-refractivity contribution is 0.0840. The van der Waals surface area contributed by atoms with Crippen molar-refractivity contribution in [2.24, 2.45) is 0 Å². The van der Waals surface area contributed by atoms with E-state index in [4.69, 9.17) is 10.00 Å². The minimum Gasteiger partial charge on any atom is -0.377 e. The van der Waals surface area contributed by atoms with E-state index in [2.05, 4.69) is 18.3 Å². The van der Waals surface area contributed by atoms with Gasteiger partial charge in [-0.25, -0.2) is 0 Å². The van der Waals surface area contributed by atoms with Crippen LogP contribution in [-0.2, 0) is 4.74 Å². The quantitative estimate of drug-likeness (QED) is 0.638. The van der Waals surface area contributed by atoms with Gasteiger partial charge in [-0.1, -0.05) is 0 Å². The Kier molecular flexibility index (Phi) is 4.06. The van der Waals surface area contributed by atoms with Crippen LogP contribution in [0.3, 0.4) is 0 Å². The van der Waals surface area contributed by atoms with Crippen molar-refractivity contribution in [3.63, 3.8) is 0 Å². The summed E-state index contributed by atoms with van der Waals surface area (Å²) < 4.78 is 5.50. The Balaban J connectivity index is 2.10. The van der Waals surface area contributed by atoms with E-state index in [1.807, 2.05) is 0 Å². The maximum atomic E-state index is 8.32. The summed E-state index contributed by atoms with van der Waals surface area (Å²) in [6.07, 6.45) is 3.27. The fraction of sp³-hybridized carbons (Fsp3) is 0.889. The molecule has 0 spiro atoms. The summed E-state index contributed by atoms with van der Waals surface area (Å²) >= 11 is 0. The van der Waals surface area contributed by atoms with Crippen molar-refractivity contribution in [1.82, 2.24) is 5.32 Å². The van der Waals surface area contributed by atoms with Crippen LogP contribution in [-0.4, -0.2) is 25.3 Å². The number of nitriles is 1. The van der Waals surface area contributed by atoms with Gasteiger partial charge in [-0.05, 0) is 19.8 Å². The molecule has 12 heavy (non-hydrogen) atoms. The molecule has 2 unspecified atom stereocenters. The van der Waals surface area contributed by atoms with Gasteiger partial charge < -0.3 is 10.1 Å². The Morgan fingerprint density at radius 3 is 3.17 bits per heavy atom. The van der Waals surface area contributed by atoms with E-state index < -0.39 is 0 Å². The van der Waals surface area contributed by atoms with Gasteiger partial charge in [-0.3, -0.25) is 0 Å². The lowest BCUT2D eigenvalue weighted by Gasteiger charge is -2.19. The number of nitrogens with one attached hydrogen (secondary N) is 1. The molecule has 3 nitrogen and oxygen atoms in total. The van der Waals surface area contributed by atoms with Gasteiger partial charge in [0.25, 0.3) is 0 Å². The van der Waals surface area contributed by atoms with Crippen LogP contribution in [0.4, 0.5) is 0 Å². The van der Waals surface area contributed by atoms with Gasteiger partial charge in [0.05, 0.1) is 12.2 Å². The Bertz CT molecular complexity index is 158. The standard InChI is InChI=1S/C9H16N2O/c1-8(11-6-3-5-10)9-4-2-7-12-9/h8-9,11H,2-4,6-7H2,1H3. The van der Waals surface area contributed by atoms with Crippen molar-refractivity contribution in [1.29, 1.82) is 5.26 Å². The summed E-state index contributed by atoms with van der Waals surface area (Å²) in [5, 5.41) is 11.6. The molecule has 0 saturated carbocycles. The highest BCUT2D eigenvalue weighted by atomic mass is 16.5.